The summed E-state index contributed by atoms with van der Waals surface area (Å²) < 4.78 is 57.6. The molecule has 1 aromatic carbocycles. The Morgan fingerprint density at radius 1 is 1.22 bits per heavy atom. The first-order valence-corrected chi connectivity index (χ1v) is 5.14. The molecular weight excluding hydrogens is 254 g/mol. The van der Waals surface area contributed by atoms with Crippen LogP contribution in [0.2, 0.25) is 0 Å². The van der Waals surface area contributed by atoms with Crippen LogP contribution in [0.4, 0.5) is 17.6 Å². The van der Waals surface area contributed by atoms with E-state index in [-0.39, 0.29) is 18.0 Å². The minimum absolute atomic E-state index is 0.0103. The Bertz CT molecular complexity index is 374. The van der Waals surface area contributed by atoms with Gasteiger partial charge in [0.15, 0.2) is 11.5 Å². The minimum atomic E-state index is -3.00. The van der Waals surface area contributed by atoms with Crippen LogP contribution in [0.15, 0.2) is 18.2 Å². The van der Waals surface area contributed by atoms with Crippen molar-refractivity contribution in [2.45, 2.75) is 19.6 Å². The molecule has 18 heavy (non-hydrogen) atoms. The van der Waals surface area contributed by atoms with E-state index in [2.05, 4.69) is 10.1 Å². The number of nitrogens with one attached hydrogen (secondary N) is 1. The molecule has 0 aliphatic carbocycles. The molecule has 0 saturated carbocycles. The molecule has 0 saturated heterocycles. The SMILES string of the molecule is COc1cccc(CNCC(F)F)c1OC(F)F. The third-order valence-electron chi connectivity index (χ3n) is 2.10. The molecule has 0 unspecified atom stereocenters. The first-order valence-electron chi connectivity index (χ1n) is 5.14. The van der Waals surface area contributed by atoms with Crippen molar-refractivity contribution >= 4 is 0 Å². The Hall–Kier alpha value is -1.50. The Labute approximate surface area is 102 Å². The second-order valence-corrected chi connectivity index (χ2v) is 3.35. The van der Waals surface area contributed by atoms with Crippen molar-refractivity contribution in [3.63, 3.8) is 0 Å². The number of para-hydroxylation sites is 1. The number of halogens is 4. The van der Waals surface area contributed by atoms with Gasteiger partial charge in [0.1, 0.15) is 0 Å². The van der Waals surface area contributed by atoms with Gasteiger partial charge in [-0.3, -0.25) is 0 Å². The first-order chi connectivity index (χ1) is 8.54. The van der Waals surface area contributed by atoms with Crippen LogP contribution in [-0.2, 0) is 6.54 Å². The molecule has 1 N–H and O–H groups in total. The van der Waals surface area contributed by atoms with Gasteiger partial charge in [-0.25, -0.2) is 8.78 Å². The topological polar surface area (TPSA) is 30.5 Å². The Morgan fingerprint density at radius 3 is 2.50 bits per heavy atom. The van der Waals surface area contributed by atoms with Gasteiger partial charge in [0, 0.05) is 12.1 Å². The molecule has 0 radical (unpaired) electrons. The molecule has 0 heterocycles. The molecule has 1 rings (SSSR count). The third-order valence-corrected chi connectivity index (χ3v) is 2.10. The highest BCUT2D eigenvalue weighted by Crippen LogP contribution is 2.32. The lowest BCUT2D eigenvalue weighted by molar-refractivity contribution is -0.0519. The summed E-state index contributed by atoms with van der Waals surface area (Å²) in [6.07, 6.45) is -2.50. The molecule has 0 atom stereocenters. The fourth-order valence-corrected chi connectivity index (χ4v) is 1.40. The van der Waals surface area contributed by atoms with Gasteiger partial charge in [0.2, 0.25) is 0 Å². The summed E-state index contributed by atoms with van der Waals surface area (Å²) in [6, 6.07) is 4.52. The minimum Gasteiger partial charge on any atom is -0.493 e. The molecule has 0 bridgehead atoms. The van der Waals surface area contributed by atoms with Gasteiger partial charge in [-0.1, -0.05) is 12.1 Å². The summed E-state index contributed by atoms with van der Waals surface area (Å²) in [5, 5.41) is 2.44. The maximum Gasteiger partial charge on any atom is 0.387 e. The van der Waals surface area contributed by atoms with E-state index in [0.29, 0.717) is 5.56 Å². The average Bonchev–Trinajstić information content (AvgIpc) is 2.30. The van der Waals surface area contributed by atoms with E-state index in [1.54, 1.807) is 6.07 Å². The monoisotopic (exact) mass is 267 g/mol. The smallest absolute Gasteiger partial charge is 0.387 e. The summed E-state index contributed by atoms with van der Waals surface area (Å²) >= 11 is 0. The quantitative estimate of drug-likeness (QED) is 0.770. The van der Waals surface area contributed by atoms with E-state index in [9.17, 15) is 17.6 Å². The molecule has 0 amide bonds. The fourth-order valence-electron chi connectivity index (χ4n) is 1.40. The zero-order valence-corrected chi connectivity index (χ0v) is 9.63. The lowest BCUT2D eigenvalue weighted by atomic mass is 10.2. The van der Waals surface area contributed by atoms with Gasteiger partial charge < -0.3 is 14.8 Å². The normalized spacial score (nSPS) is 11.1. The van der Waals surface area contributed by atoms with E-state index in [4.69, 9.17) is 4.74 Å². The molecule has 0 fully saturated rings. The average molecular weight is 267 g/mol. The fraction of sp³-hybridized carbons (Fsp3) is 0.455. The predicted molar refractivity (Wildman–Crippen MR) is 57.3 cm³/mol. The van der Waals surface area contributed by atoms with Gasteiger partial charge in [0.25, 0.3) is 6.43 Å². The van der Waals surface area contributed by atoms with Crippen LogP contribution >= 0.6 is 0 Å². The highest BCUT2D eigenvalue weighted by atomic mass is 19.3. The zero-order valence-electron chi connectivity index (χ0n) is 9.63. The van der Waals surface area contributed by atoms with E-state index >= 15 is 0 Å². The van der Waals surface area contributed by atoms with Crippen LogP contribution in [0.5, 0.6) is 11.5 Å². The van der Waals surface area contributed by atoms with Gasteiger partial charge in [-0.2, -0.15) is 8.78 Å². The molecule has 3 nitrogen and oxygen atoms in total. The molecule has 0 aliphatic heterocycles. The lowest BCUT2D eigenvalue weighted by Crippen LogP contribution is -2.21. The molecule has 7 heteroatoms. The number of methoxy groups -OCH3 is 1. The molecular formula is C11H13F4NO2. The first kappa shape index (κ1) is 14.6. The third kappa shape index (κ3) is 4.40. The summed E-state index contributed by atoms with van der Waals surface area (Å²) in [6.45, 7) is -3.54. The number of benzene rings is 1. The van der Waals surface area contributed by atoms with E-state index in [1.807, 2.05) is 0 Å². The van der Waals surface area contributed by atoms with Crippen LogP contribution in [0.3, 0.4) is 0 Å². The van der Waals surface area contributed by atoms with Crippen molar-refractivity contribution in [2.75, 3.05) is 13.7 Å². The number of alkyl halides is 4. The Kier molecular flexibility index (Phi) is 5.70. The standard InChI is InChI=1S/C11H13F4NO2/c1-17-8-4-2-3-7(5-16-6-9(12)13)10(8)18-11(14)15/h2-4,9,11,16H,5-6H2,1H3. The van der Waals surface area contributed by atoms with Crippen molar-refractivity contribution in [2.24, 2.45) is 0 Å². The molecule has 0 aromatic heterocycles. The zero-order chi connectivity index (χ0) is 13.5. The lowest BCUT2D eigenvalue weighted by Gasteiger charge is -2.14. The van der Waals surface area contributed by atoms with E-state index < -0.39 is 19.6 Å². The summed E-state index contributed by atoms with van der Waals surface area (Å²) in [4.78, 5) is 0. The number of rotatable bonds is 7. The Balaban J connectivity index is 2.81. The van der Waals surface area contributed by atoms with Gasteiger partial charge in [-0.15, -0.1) is 0 Å². The predicted octanol–water partition coefficient (Wildman–Crippen LogP) is 2.65. The highest BCUT2D eigenvalue weighted by molar-refractivity contribution is 5.46. The molecule has 0 aliphatic rings. The summed E-state index contributed by atoms with van der Waals surface area (Å²) in [5.41, 5.74) is 0.329. The molecule has 102 valence electrons. The number of hydrogen-bond acceptors (Lipinski definition) is 3. The van der Waals surface area contributed by atoms with Crippen LogP contribution in [0, 0.1) is 0 Å². The van der Waals surface area contributed by atoms with Gasteiger partial charge in [0.05, 0.1) is 13.7 Å². The van der Waals surface area contributed by atoms with Crippen LogP contribution < -0.4 is 14.8 Å². The Morgan fingerprint density at radius 2 is 1.94 bits per heavy atom. The summed E-state index contributed by atoms with van der Waals surface area (Å²) in [5.74, 6) is -0.0107. The van der Waals surface area contributed by atoms with Crippen LogP contribution in [-0.4, -0.2) is 26.7 Å². The van der Waals surface area contributed by atoms with Crippen molar-refractivity contribution in [3.8, 4) is 11.5 Å². The van der Waals surface area contributed by atoms with Gasteiger partial charge in [-0.05, 0) is 6.07 Å². The largest absolute Gasteiger partial charge is 0.493 e. The maximum atomic E-state index is 12.2. The summed E-state index contributed by atoms with van der Waals surface area (Å²) in [7, 11) is 1.31. The highest BCUT2D eigenvalue weighted by Gasteiger charge is 2.15. The van der Waals surface area contributed by atoms with E-state index in [0.717, 1.165) is 0 Å². The van der Waals surface area contributed by atoms with Crippen molar-refractivity contribution in [1.29, 1.82) is 0 Å². The van der Waals surface area contributed by atoms with E-state index in [1.165, 1.54) is 19.2 Å². The van der Waals surface area contributed by atoms with Crippen molar-refractivity contribution in [1.82, 2.24) is 5.32 Å². The van der Waals surface area contributed by atoms with Crippen LogP contribution in [0.1, 0.15) is 5.56 Å². The van der Waals surface area contributed by atoms with Crippen LogP contribution in [0.25, 0.3) is 0 Å². The number of ether oxygens (including phenoxy) is 2. The maximum absolute atomic E-state index is 12.2. The van der Waals surface area contributed by atoms with Crippen molar-refractivity contribution in [3.05, 3.63) is 23.8 Å². The van der Waals surface area contributed by atoms with Crippen molar-refractivity contribution < 1.29 is 27.0 Å². The second kappa shape index (κ2) is 7.05. The molecule has 1 aromatic rings. The number of hydrogen-bond donors (Lipinski definition) is 1. The van der Waals surface area contributed by atoms with Gasteiger partial charge >= 0.3 is 6.61 Å². The second-order valence-electron chi connectivity index (χ2n) is 3.35. The molecule has 0 spiro atoms.